The van der Waals surface area contributed by atoms with Crippen molar-refractivity contribution in [1.82, 2.24) is 15.5 Å². The van der Waals surface area contributed by atoms with E-state index in [4.69, 9.17) is 4.74 Å². The van der Waals surface area contributed by atoms with Crippen LogP contribution >= 0.6 is 0 Å². The summed E-state index contributed by atoms with van der Waals surface area (Å²) in [7, 11) is 1.57. The number of hydrogen-bond donors (Lipinski definition) is 2. The van der Waals surface area contributed by atoms with E-state index in [2.05, 4.69) is 10.6 Å². The summed E-state index contributed by atoms with van der Waals surface area (Å²) in [5.41, 5.74) is 2.07. The average Bonchev–Trinajstić information content (AvgIpc) is 2.53. The Kier molecular flexibility index (Phi) is 8.24. The summed E-state index contributed by atoms with van der Waals surface area (Å²) in [4.78, 5) is 39.4. The molecule has 7 nitrogen and oxygen atoms in total. The Morgan fingerprint density at radius 1 is 1.03 bits per heavy atom. The average molecular weight is 406 g/mol. The first-order valence-electron chi connectivity index (χ1n) is 9.86. The highest BCUT2D eigenvalue weighted by Gasteiger charge is 2.33. The number of hydrogen-bond acceptors (Lipinski definition) is 4. The maximum Gasteiger partial charge on any atom is 0.408 e. The van der Waals surface area contributed by atoms with Gasteiger partial charge in [-0.3, -0.25) is 9.59 Å². The summed E-state index contributed by atoms with van der Waals surface area (Å²) in [6, 6.07) is 4.02. The van der Waals surface area contributed by atoms with E-state index in [1.54, 1.807) is 34.7 Å². The molecule has 1 rings (SSSR count). The van der Waals surface area contributed by atoms with Crippen molar-refractivity contribution in [2.24, 2.45) is 0 Å². The quantitative estimate of drug-likeness (QED) is 0.761. The number of nitrogens with one attached hydrogen (secondary N) is 2. The fourth-order valence-electron chi connectivity index (χ4n) is 3.00. The summed E-state index contributed by atoms with van der Waals surface area (Å²) < 4.78 is 5.22. The molecule has 0 aliphatic rings. The Hall–Kier alpha value is -2.57. The predicted octanol–water partition coefficient (Wildman–Crippen LogP) is 3.24. The molecule has 0 saturated heterocycles. The molecule has 3 amide bonds. The standard InChI is InChI=1S/C22H35N3O4/c1-13(2)23-19(26)18(17-11-10-14(3)12-15(17)4)25(9)20(27)16(5)24-21(28)29-22(6,7)8/h10-13,16,18H,1-9H3,(H,23,26)(H,24,28). The number of carbonyl (C=O) groups is 3. The zero-order valence-corrected chi connectivity index (χ0v) is 19.0. The van der Waals surface area contributed by atoms with E-state index in [-0.39, 0.29) is 17.9 Å². The minimum Gasteiger partial charge on any atom is -0.444 e. The van der Waals surface area contributed by atoms with Crippen molar-refractivity contribution < 1.29 is 19.1 Å². The van der Waals surface area contributed by atoms with Crippen molar-refractivity contribution in [1.29, 1.82) is 0 Å². The monoisotopic (exact) mass is 405 g/mol. The molecule has 0 aliphatic carbocycles. The number of ether oxygens (including phenoxy) is 1. The van der Waals surface area contributed by atoms with E-state index in [1.165, 1.54) is 4.90 Å². The van der Waals surface area contributed by atoms with Crippen LogP contribution in [0.4, 0.5) is 4.79 Å². The van der Waals surface area contributed by atoms with Crippen LogP contribution in [0, 0.1) is 13.8 Å². The molecule has 0 aromatic heterocycles. The summed E-state index contributed by atoms with van der Waals surface area (Å²) in [6.07, 6.45) is -0.679. The lowest BCUT2D eigenvalue weighted by molar-refractivity contribution is -0.140. The van der Waals surface area contributed by atoms with Gasteiger partial charge in [-0.2, -0.15) is 0 Å². The van der Waals surface area contributed by atoms with Crippen molar-refractivity contribution in [3.8, 4) is 0 Å². The van der Waals surface area contributed by atoms with Crippen LogP contribution in [-0.2, 0) is 14.3 Å². The molecule has 0 fully saturated rings. The third-order valence-electron chi connectivity index (χ3n) is 4.24. The van der Waals surface area contributed by atoms with Crippen LogP contribution in [0.15, 0.2) is 18.2 Å². The predicted molar refractivity (Wildman–Crippen MR) is 114 cm³/mol. The lowest BCUT2D eigenvalue weighted by Crippen LogP contribution is -2.51. The molecule has 1 aromatic carbocycles. The SMILES string of the molecule is Cc1ccc(C(C(=O)NC(C)C)N(C)C(=O)C(C)NC(=O)OC(C)(C)C)c(C)c1. The minimum atomic E-state index is -0.852. The Morgan fingerprint density at radius 2 is 1.62 bits per heavy atom. The number of benzene rings is 1. The van der Waals surface area contributed by atoms with Crippen molar-refractivity contribution in [3.05, 3.63) is 34.9 Å². The van der Waals surface area contributed by atoms with Gasteiger partial charge in [0.1, 0.15) is 17.7 Å². The Balaban J connectivity index is 3.12. The van der Waals surface area contributed by atoms with Gasteiger partial charge in [-0.1, -0.05) is 23.8 Å². The molecule has 0 spiro atoms. The van der Waals surface area contributed by atoms with Gasteiger partial charge in [0, 0.05) is 13.1 Å². The second-order valence-corrected chi connectivity index (χ2v) is 8.74. The molecule has 2 N–H and O–H groups in total. The summed E-state index contributed by atoms with van der Waals surface area (Å²) in [5.74, 6) is -0.660. The Bertz CT molecular complexity index is 753. The maximum atomic E-state index is 13.0. The van der Waals surface area contributed by atoms with Crippen LogP contribution in [0.5, 0.6) is 0 Å². The summed E-state index contributed by atoms with van der Waals surface area (Å²) in [5, 5.41) is 5.43. The first kappa shape index (κ1) is 24.5. The van der Waals surface area contributed by atoms with Gasteiger partial charge in [-0.15, -0.1) is 0 Å². The van der Waals surface area contributed by atoms with Crippen LogP contribution in [0.2, 0.25) is 0 Å². The minimum absolute atomic E-state index is 0.0726. The second kappa shape index (κ2) is 9.76. The van der Waals surface area contributed by atoms with Crippen LogP contribution in [0.1, 0.15) is 64.3 Å². The van der Waals surface area contributed by atoms with E-state index in [0.29, 0.717) is 0 Å². The van der Waals surface area contributed by atoms with Crippen molar-refractivity contribution in [2.75, 3.05) is 7.05 Å². The van der Waals surface area contributed by atoms with Crippen LogP contribution < -0.4 is 10.6 Å². The lowest BCUT2D eigenvalue weighted by atomic mass is 9.97. The molecular formula is C22H35N3O4. The van der Waals surface area contributed by atoms with Gasteiger partial charge >= 0.3 is 6.09 Å². The molecule has 0 heterocycles. The van der Waals surface area contributed by atoms with Crippen LogP contribution in [0.25, 0.3) is 0 Å². The van der Waals surface area contributed by atoms with Crippen LogP contribution in [-0.4, -0.2) is 47.5 Å². The smallest absolute Gasteiger partial charge is 0.408 e. The largest absolute Gasteiger partial charge is 0.444 e. The molecule has 0 radical (unpaired) electrons. The zero-order valence-electron chi connectivity index (χ0n) is 19.0. The Morgan fingerprint density at radius 3 is 2.10 bits per heavy atom. The fourth-order valence-corrected chi connectivity index (χ4v) is 3.00. The molecule has 7 heteroatoms. The van der Waals surface area contributed by atoms with Crippen LogP contribution in [0.3, 0.4) is 0 Å². The number of nitrogens with zero attached hydrogens (tertiary/aromatic N) is 1. The maximum absolute atomic E-state index is 13.0. The molecule has 29 heavy (non-hydrogen) atoms. The van der Waals surface area contributed by atoms with E-state index >= 15 is 0 Å². The van der Waals surface area contributed by atoms with E-state index < -0.39 is 23.8 Å². The number of rotatable bonds is 6. The summed E-state index contributed by atoms with van der Waals surface area (Å²) in [6.45, 7) is 14.4. The highest BCUT2D eigenvalue weighted by atomic mass is 16.6. The van der Waals surface area contributed by atoms with Gasteiger partial charge in [-0.25, -0.2) is 4.79 Å². The third kappa shape index (κ3) is 7.40. The highest BCUT2D eigenvalue weighted by molar-refractivity contribution is 5.92. The van der Waals surface area contributed by atoms with Gasteiger partial charge < -0.3 is 20.3 Å². The molecule has 0 aliphatic heterocycles. The molecule has 2 unspecified atom stereocenters. The first-order chi connectivity index (χ1) is 13.2. The second-order valence-electron chi connectivity index (χ2n) is 8.74. The van der Waals surface area contributed by atoms with E-state index in [1.807, 2.05) is 45.9 Å². The molecule has 0 saturated carbocycles. The normalized spacial score (nSPS) is 13.4. The summed E-state index contributed by atoms with van der Waals surface area (Å²) >= 11 is 0. The topological polar surface area (TPSA) is 87.7 Å². The van der Waals surface area contributed by atoms with Crippen molar-refractivity contribution >= 4 is 17.9 Å². The Labute approximate surface area is 174 Å². The van der Waals surface area contributed by atoms with Gasteiger partial charge in [0.2, 0.25) is 11.8 Å². The van der Waals surface area contributed by atoms with Crippen molar-refractivity contribution in [2.45, 2.75) is 79.1 Å². The highest BCUT2D eigenvalue weighted by Crippen LogP contribution is 2.25. The molecule has 1 aromatic rings. The number of amides is 3. The van der Waals surface area contributed by atoms with Crippen molar-refractivity contribution in [3.63, 3.8) is 0 Å². The number of aryl methyl sites for hydroxylation is 2. The lowest BCUT2D eigenvalue weighted by Gasteiger charge is -2.32. The van der Waals surface area contributed by atoms with Gasteiger partial charge in [0.05, 0.1) is 0 Å². The van der Waals surface area contributed by atoms with Gasteiger partial charge in [0.15, 0.2) is 0 Å². The first-order valence-corrected chi connectivity index (χ1v) is 9.86. The number of alkyl carbamates (subject to hydrolysis) is 1. The fraction of sp³-hybridized carbons (Fsp3) is 0.591. The van der Waals surface area contributed by atoms with E-state index in [9.17, 15) is 14.4 Å². The van der Waals surface area contributed by atoms with Gasteiger partial charge in [0.25, 0.3) is 0 Å². The van der Waals surface area contributed by atoms with Gasteiger partial charge in [-0.05, 0) is 66.5 Å². The molecular weight excluding hydrogens is 370 g/mol. The molecule has 0 bridgehead atoms. The molecule has 162 valence electrons. The molecule has 2 atom stereocenters. The zero-order chi connectivity index (χ0) is 22.5. The van der Waals surface area contributed by atoms with E-state index in [0.717, 1.165) is 16.7 Å². The third-order valence-corrected chi connectivity index (χ3v) is 4.24. The number of likely N-dealkylation sites (N-methyl/N-ethyl adjacent to an activating group) is 1. The number of carbonyl (C=O) groups excluding carboxylic acids is 3.